The van der Waals surface area contributed by atoms with Gasteiger partial charge in [-0.1, -0.05) is 5.21 Å². The predicted molar refractivity (Wildman–Crippen MR) is 133 cm³/mol. The Hall–Kier alpha value is -4.03. The number of benzene rings is 2. The molecule has 0 aliphatic heterocycles. The predicted octanol–water partition coefficient (Wildman–Crippen LogP) is 2.42. The van der Waals surface area contributed by atoms with Crippen LogP contribution in [0.5, 0.6) is 5.75 Å². The molecule has 2 heterocycles. The standard InChI is InChI=1S/C24H27N7O4S/c1-16-23(17(2)31(28-16)20-6-10-22(11-7-20)36(25,33)34)12-13-24(32)26-18-4-8-21(9-5-18)35-15-19-14-30(3)29-27-19/h4-11,14H,12-13,15H2,1-3H3,(H,26,32)(H2,25,33,34). The summed E-state index contributed by atoms with van der Waals surface area (Å²) in [4.78, 5) is 12.6. The van der Waals surface area contributed by atoms with Gasteiger partial charge in [-0.05, 0) is 74.4 Å². The molecule has 1 amide bonds. The van der Waals surface area contributed by atoms with E-state index in [2.05, 4.69) is 20.7 Å². The normalized spacial score (nSPS) is 11.4. The van der Waals surface area contributed by atoms with Crippen LogP contribution in [0.4, 0.5) is 5.69 Å². The number of anilines is 1. The van der Waals surface area contributed by atoms with Gasteiger partial charge < -0.3 is 10.1 Å². The topological polar surface area (TPSA) is 147 Å². The maximum Gasteiger partial charge on any atom is 0.238 e. The molecule has 36 heavy (non-hydrogen) atoms. The number of amides is 1. The van der Waals surface area contributed by atoms with Crippen LogP contribution in [0, 0.1) is 13.8 Å². The minimum Gasteiger partial charge on any atom is -0.487 e. The second-order valence-electron chi connectivity index (χ2n) is 8.34. The van der Waals surface area contributed by atoms with E-state index in [1.807, 2.05) is 13.8 Å². The van der Waals surface area contributed by atoms with E-state index in [0.717, 1.165) is 22.6 Å². The van der Waals surface area contributed by atoms with Crippen LogP contribution in [0.1, 0.15) is 29.1 Å². The van der Waals surface area contributed by atoms with Crippen molar-refractivity contribution >= 4 is 21.6 Å². The number of nitrogens with zero attached hydrogens (tertiary/aromatic N) is 5. The molecule has 0 unspecified atom stereocenters. The van der Waals surface area contributed by atoms with Gasteiger partial charge in [0.1, 0.15) is 18.1 Å². The van der Waals surface area contributed by atoms with Crippen LogP contribution in [0.25, 0.3) is 5.69 Å². The van der Waals surface area contributed by atoms with Crippen molar-refractivity contribution in [2.45, 2.75) is 38.2 Å². The molecule has 188 valence electrons. The van der Waals surface area contributed by atoms with Gasteiger partial charge in [0.05, 0.1) is 22.5 Å². The van der Waals surface area contributed by atoms with Crippen molar-refractivity contribution in [3.8, 4) is 11.4 Å². The summed E-state index contributed by atoms with van der Waals surface area (Å²) in [6.07, 6.45) is 2.58. The first kappa shape index (κ1) is 25.1. The maximum atomic E-state index is 12.6. The number of primary sulfonamides is 1. The van der Waals surface area contributed by atoms with E-state index in [-0.39, 0.29) is 17.2 Å². The molecule has 3 N–H and O–H groups in total. The molecule has 0 saturated carbocycles. The summed E-state index contributed by atoms with van der Waals surface area (Å²) in [6, 6.07) is 13.3. The highest BCUT2D eigenvalue weighted by atomic mass is 32.2. The highest BCUT2D eigenvalue weighted by Crippen LogP contribution is 2.21. The fourth-order valence-corrected chi connectivity index (χ4v) is 4.30. The first-order chi connectivity index (χ1) is 17.1. The molecule has 2 aromatic carbocycles. The lowest BCUT2D eigenvalue weighted by molar-refractivity contribution is -0.116. The molecule has 12 heteroatoms. The van der Waals surface area contributed by atoms with Gasteiger partial charge in [0.2, 0.25) is 15.9 Å². The van der Waals surface area contributed by atoms with Crippen LogP contribution < -0.4 is 15.2 Å². The Balaban J connectivity index is 1.33. The minimum absolute atomic E-state index is 0.0368. The van der Waals surface area contributed by atoms with Gasteiger partial charge in [-0.15, -0.1) is 5.10 Å². The van der Waals surface area contributed by atoms with Crippen molar-refractivity contribution in [2.24, 2.45) is 12.2 Å². The van der Waals surface area contributed by atoms with E-state index >= 15 is 0 Å². The Morgan fingerprint density at radius 2 is 1.78 bits per heavy atom. The number of hydrogen-bond donors (Lipinski definition) is 2. The zero-order chi connectivity index (χ0) is 25.9. The van der Waals surface area contributed by atoms with Crippen LogP contribution in [0.15, 0.2) is 59.6 Å². The van der Waals surface area contributed by atoms with E-state index < -0.39 is 10.0 Å². The number of aromatic nitrogens is 5. The molecule has 0 saturated heterocycles. The monoisotopic (exact) mass is 509 g/mol. The summed E-state index contributed by atoms with van der Waals surface area (Å²) in [5.41, 5.74) is 4.76. The number of sulfonamides is 1. The fourth-order valence-electron chi connectivity index (χ4n) is 3.78. The van der Waals surface area contributed by atoms with Gasteiger partial charge in [0.25, 0.3) is 0 Å². The molecule has 4 rings (SSSR count). The van der Waals surface area contributed by atoms with Crippen molar-refractivity contribution in [3.05, 3.63) is 77.4 Å². The summed E-state index contributed by atoms with van der Waals surface area (Å²) in [7, 11) is -1.97. The van der Waals surface area contributed by atoms with Gasteiger partial charge in [-0.3, -0.25) is 9.48 Å². The summed E-state index contributed by atoms with van der Waals surface area (Å²) in [6.45, 7) is 4.11. The third-order valence-electron chi connectivity index (χ3n) is 5.63. The Labute approximate surface area is 208 Å². The average Bonchev–Trinajstić information content (AvgIpc) is 3.38. The highest BCUT2D eigenvalue weighted by Gasteiger charge is 2.15. The van der Waals surface area contributed by atoms with E-state index in [1.54, 1.807) is 59.0 Å². The number of carbonyl (C=O) groups is 1. The van der Waals surface area contributed by atoms with Crippen LogP contribution in [0.2, 0.25) is 0 Å². The lowest BCUT2D eigenvalue weighted by Crippen LogP contribution is -2.13. The van der Waals surface area contributed by atoms with E-state index in [0.29, 0.717) is 30.2 Å². The Morgan fingerprint density at radius 1 is 1.08 bits per heavy atom. The number of hydrogen-bond acceptors (Lipinski definition) is 7. The van der Waals surface area contributed by atoms with Crippen LogP contribution >= 0.6 is 0 Å². The van der Waals surface area contributed by atoms with Gasteiger partial charge in [0, 0.05) is 24.8 Å². The van der Waals surface area contributed by atoms with Gasteiger partial charge in [-0.2, -0.15) is 5.10 Å². The molecule has 0 atom stereocenters. The first-order valence-corrected chi connectivity index (χ1v) is 12.7. The van der Waals surface area contributed by atoms with Gasteiger partial charge in [0.15, 0.2) is 0 Å². The Morgan fingerprint density at radius 3 is 2.39 bits per heavy atom. The number of rotatable bonds is 9. The minimum atomic E-state index is -3.76. The summed E-state index contributed by atoms with van der Waals surface area (Å²) >= 11 is 0. The zero-order valence-corrected chi connectivity index (χ0v) is 21.0. The molecule has 0 aliphatic rings. The molecule has 0 spiro atoms. The number of nitrogens with one attached hydrogen (secondary N) is 1. The number of ether oxygens (including phenoxy) is 1. The molecule has 4 aromatic rings. The van der Waals surface area contributed by atoms with Gasteiger partial charge in [-0.25, -0.2) is 18.2 Å². The quantitative estimate of drug-likeness (QED) is 0.352. The third-order valence-corrected chi connectivity index (χ3v) is 6.56. The molecule has 0 aliphatic carbocycles. The smallest absolute Gasteiger partial charge is 0.238 e. The SMILES string of the molecule is Cc1nn(-c2ccc(S(N)(=O)=O)cc2)c(C)c1CCC(=O)Nc1ccc(OCc2cn(C)nn2)cc1. The molecule has 0 radical (unpaired) electrons. The highest BCUT2D eigenvalue weighted by molar-refractivity contribution is 7.89. The van der Waals surface area contributed by atoms with Crippen LogP contribution in [-0.2, 0) is 34.9 Å². The van der Waals surface area contributed by atoms with Crippen molar-refractivity contribution in [1.29, 1.82) is 0 Å². The lowest BCUT2D eigenvalue weighted by Gasteiger charge is -2.08. The zero-order valence-electron chi connectivity index (χ0n) is 20.2. The second-order valence-corrected chi connectivity index (χ2v) is 9.91. The fraction of sp³-hybridized carbons (Fsp3) is 0.250. The van der Waals surface area contributed by atoms with E-state index in [9.17, 15) is 13.2 Å². The molecular formula is C24H27N7O4S. The largest absolute Gasteiger partial charge is 0.487 e. The average molecular weight is 510 g/mol. The molecular weight excluding hydrogens is 482 g/mol. The van der Waals surface area contributed by atoms with Crippen LogP contribution in [0.3, 0.4) is 0 Å². The summed E-state index contributed by atoms with van der Waals surface area (Å²) in [5.74, 6) is 0.543. The molecule has 11 nitrogen and oxygen atoms in total. The van der Waals surface area contributed by atoms with E-state index in [4.69, 9.17) is 9.88 Å². The van der Waals surface area contributed by atoms with Crippen LogP contribution in [-0.4, -0.2) is 39.1 Å². The maximum absolute atomic E-state index is 12.6. The van der Waals surface area contributed by atoms with Crippen molar-refractivity contribution in [3.63, 3.8) is 0 Å². The number of nitrogens with two attached hydrogens (primary N) is 1. The first-order valence-electron chi connectivity index (χ1n) is 11.2. The van der Waals surface area contributed by atoms with Crippen molar-refractivity contribution < 1.29 is 17.9 Å². The molecule has 2 aromatic heterocycles. The Kier molecular flexibility index (Phi) is 7.17. The Bertz CT molecular complexity index is 1470. The molecule has 0 bridgehead atoms. The number of carbonyl (C=O) groups excluding carboxylic acids is 1. The lowest BCUT2D eigenvalue weighted by atomic mass is 10.1. The summed E-state index contributed by atoms with van der Waals surface area (Å²) < 4.78 is 32.0. The van der Waals surface area contributed by atoms with Crippen molar-refractivity contribution in [2.75, 3.05) is 5.32 Å². The third kappa shape index (κ3) is 5.96. The van der Waals surface area contributed by atoms with Gasteiger partial charge >= 0.3 is 0 Å². The van der Waals surface area contributed by atoms with E-state index in [1.165, 1.54) is 12.1 Å². The van der Waals surface area contributed by atoms with Crippen molar-refractivity contribution in [1.82, 2.24) is 24.8 Å². The molecule has 0 fully saturated rings. The second kappa shape index (κ2) is 10.3. The summed E-state index contributed by atoms with van der Waals surface area (Å²) in [5, 5.41) is 20.5. The number of aryl methyl sites for hydroxylation is 2.